The molecule has 110 valence electrons. The molecule has 0 spiro atoms. The Morgan fingerprint density at radius 3 is 2.67 bits per heavy atom. The number of hydrogen-bond donors (Lipinski definition) is 1. The third-order valence-corrected chi connectivity index (χ3v) is 4.33. The fourth-order valence-electron chi connectivity index (χ4n) is 3.09. The highest BCUT2D eigenvalue weighted by Gasteiger charge is 2.30. The van der Waals surface area contributed by atoms with E-state index in [1.807, 2.05) is 0 Å². The second kappa shape index (κ2) is 6.31. The average molecular weight is 281 g/mol. The summed E-state index contributed by atoms with van der Waals surface area (Å²) < 4.78 is 5.27. The summed E-state index contributed by atoms with van der Waals surface area (Å²) >= 11 is 0. The minimum absolute atomic E-state index is 0.577. The van der Waals surface area contributed by atoms with E-state index in [1.165, 1.54) is 35.2 Å². The van der Waals surface area contributed by atoms with E-state index in [4.69, 9.17) is 4.74 Å². The molecule has 0 saturated heterocycles. The summed E-state index contributed by atoms with van der Waals surface area (Å²) in [5, 5.41) is 3.67. The van der Waals surface area contributed by atoms with Gasteiger partial charge in [0, 0.05) is 24.4 Å². The molecule has 0 unspecified atom stereocenters. The highest BCUT2D eigenvalue weighted by atomic mass is 16.5. The topological polar surface area (TPSA) is 21.3 Å². The molecule has 2 heteroatoms. The van der Waals surface area contributed by atoms with Crippen molar-refractivity contribution in [2.75, 3.05) is 12.4 Å². The van der Waals surface area contributed by atoms with Crippen molar-refractivity contribution in [1.82, 2.24) is 0 Å². The first-order chi connectivity index (χ1) is 10.3. The van der Waals surface area contributed by atoms with Crippen LogP contribution in [0.15, 0.2) is 48.5 Å². The number of aryl methyl sites for hydroxylation is 1. The molecule has 2 aromatic carbocycles. The normalized spacial score (nSPS) is 20.9. The van der Waals surface area contributed by atoms with Crippen LogP contribution >= 0.6 is 0 Å². The number of nitrogens with one attached hydrogen (secondary N) is 1. The number of para-hydroxylation sites is 1. The first-order valence-electron chi connectivity index (χ1n) is 7.66. The van der Waals surface area contributed by atoms with Gasteiger partial charge in [0.25, 0.3) is 0 Å². The Kier molecular flexibility index (Phi) is 4.26. The highest BCUT2D eigenvalue weighted by molar-refractivity contribution is 5.52. The lowest BCUT2D eigenvalue weighted by atomic mass is 9.75. The summed E-state index contributed by atoms with van der Waals surface area (Å²) in [6, 6.07) is 17.9. The average Bonchev–Trinajstić information content (AvgIpc) is 2.44. The van der Waals surface area contributed by atoms with Gasteiger partial charge in [0.2, 0.25) is 0 Å². The molecule has 2 nitrogen and oxygen atoms in total. The third kappa shape index (κ3) is 3.27. The summed E-state index contributed by atoms with van der Waals surface area (Å²) in [7, 11) is 1.74. The maximum Gasteiger partial charge on any atom is 0.0733 e. The quantitative estimate of drug-likeness (QED) is 0.871. The molecule has 0 radical (unpaired) electrons. The number of rotatable bonds is 5. The minimum atomic E-state index is 0.577. The van der Waals surface area contributed by atoms with Gasteiger partial charge in [-0.15, -0.1) is 0 Å². The molecule has 1 saturated carbocycles. The standard InChI is InChI=1S/C19H23NO/c1-14-6-5-8-15(10-14)17-11-18(12-17)20-19-9-4-3-7-16(19)13-21-2/h3-10,17-18,20H,11-13H2,1-2H3. The van der Waals surface area contributed by atoms with Crippen LogP contribution in [0.2, 0.25) is 0 Å². The molecule has 0 aromatic heterocycles. The molecule has 0 bridgehead atoms. The van der Waals surface area contributed by atoms with E-state index in [0.29, 0.717) is 18.6 Å². The summed E-state index contributed by atoms with van der Waals surface area (Å²) in [5.41, 5.74) is 5.29. The van der Waals surface area contributed by atoms with Gasteiger partial charge in [0.05, 0.1) is 6.61 Å². The lowest BCUT2D eigenvalue weighted by molar-refractivity contribution is 0.185. The summed E-state index contributed by atoms with van der Waals surface area (Å²) in [6.45, 7) is 2.83. The van der Waals surface area contributed by atoms with E-state index in [2.05, 4.69) is 60.8 Å². The van der Waals surface area contributed by atoms with Crippen LogP contribution in [0.25, 0.3) is 0 Å². The molecule has 1 N–H and O–H groups in total. The smallest absolute Gasteiger partial charge is 0.0733 e. The lowest BCUT2D eigenvalue weighted by Crippen LogP contribution is -2.34. The Labute approximate surface area is 127 Å². The van der Waals surface area contributed by atoms with Crippen molar-refractivity contribution in [3.63, 3.8) is 0 Å². The fraction of sp³-hybridized carbons (Fsp3) is 0.368. The van der Waals surface area contributed by atoms with Gasteiger partial charge in [0.1, 0.15) is 0 Å². The molecule has 0 amide bonds. The molecule has 1 aliphatic carbocycles. The first kappa shape index (κ1) is 14.2. The van der Waals surface area contributed by atoms with Gasteiger partial charge in [-0.3, -0.25) is 0 Å². The van der Waals surface area contributed by atoms with Crippen molar-refractivity contribution in [3.8, 4) is 0 Å². The number of anilines is 1. The second-order valence-electron chi connectivity index (χ2n) is 6.01. The summed E-state index contributed by atoms with van der Waals surface area (Å²) in [5.74, 6) is 0.706. The van der Waals surface area contributed by atoms with E-state index in [0.717, 1.165) is 0 Å². The van der Waals surface area contributed by atoms with Gasteiger partial charge in [-0.1, -0.05) is 48.0 Å². The molecule has 1 aliphatic rings. The van der Waals surface area contributed by atoms with Gasteiger partial charge in [-0.25, -0.2) is 0 Å². The Morgan fingerprint density at radius 2 is 1.90 bits per heavy atom. The number of benzene rings is 2. The number of ether oxygens (including phenoxy) is 1. The van der Waals surface area contributed by atoms with Gasteiger partial charge >= 0.3 is 0 Å². The Morgan fingerprint density at radius 1 is 1.10 bits per heavy atom. The minimum Gasteiger partial charge on any atom is -0.382 e. The van der Waals surface area contributed by atoms with Gasteiger partial charge in [-0.05, 0) is 37.3 Å². The molecule has 3 rings (SSSR count). The third-order valence-electron chi connectivity index (χ3n) is 4.33. The van der Waals surface area contributed by atoms with Gasteiger partial charge in [-0.2, -0.15) is 0 Å². The van der Waals surface area contributed by atoms with Crippen LogP contribution < -0.4 is 5.32 Å². The van der Waals surface area contributed by atoms with E-state index in [1.54, 1.807) is 7.11 Å². The van der Waals surface area contributed by atoms with Crippen LogP contribution in [0.1, 0.15) is 35.4 Å². The predicted molar refractivity (Wildman–Crippen MR) is 87.7 cm³/mol. The van der Waals surface area contributed by atoms with Crippen LogP contribution in [0, 0.1) is 6.92 Å². The molecular formula is C19H23NO. The maximum atomic E-state index is 5.27. The van der Waals surface area contributed by atoms with Crippen LogP contribution in [-0.4, -0.2) is 13.2 Å². The van der Waals surface area contributed by atoms with Crippen molar-refractivity contribution < 1.29 is 4.74 Å². The van der Waals surface area contributed by atoms with Crippen molar-refractivity contribution >= 4 is 5.69 Å². The van der Waals surface area contributed by atoms with Crippen molar-refractivity contribution in [2.24, 2.45) is 0 Å². The summed E-state index contributed by atoms with van der Waals surface area (Å²) in [4.78, 5) is 0. The molecule has 2 aromatic rings. The monoisotopic (exact) mass is 281 g/mol. The van der Waals surface area contributed by atoms with Crippen molar-refractivity contribution in [2.45, 2.75) is 38.3 Å². The number of methoxy groups -OCH3 is 1. The van der Waals surface area contributed by atoms with Crippen LogP contribution in [0.3, 0.4) is 0 Å². The summed E-state index contributed by atoms with van der Waals surface area (Å²) in [6.07, 6.45) is 2.43. The van der Waals surface area contributed by atoms with Crippen LogP contribution in [0.4, 0.5) is 5.69 Å². The molecule has 0 atom stereocenters. The Hall–Kier alpha value is -1.80. The number of hydrogen-bond acceptors (Lipinski definition) is 2. The SMILES string of the molecule is COCc1ccccc1NC1CC(c2cccc(C)c2)C1. The van der Waals surface area contributed by atoms with E-state index in [9.17, 15) is 0 Å². The van der Waals surface area contributed by atoms with Crippen molar-refractivity contribution in [1.29, 1.82) is 0 Å². The molecule has 0 aliphatic heterocycles. The van der Waals surface area contributed by atoms with E-state index in [-0.39, 0.29) is 0 Å². The zero-order valence-electron chi connectivity index (χ0n) is 12.8. The van der Waals surface area contributed by atoms with Crippen molar-refractivity contribution in [3.05, 3.63) is 65.2 Å². The maximum absolute atomic E-state index is 5.27. The molecule has 1 fully saturated rings. The van der Waals surface area contributed by atoms with Crippen LogP contribution in [-0.2, 0) is 11.3 Å². The zero-order valence-corrected chi connectivity index (χ0v) is 12.8. The fourth-order valence-corrected chi connectivity index (χ4v) is 3.09. The second-order valence-corrected chi connectivity index (χ2v) is 6.01. The first-order valence-corrected chi connectivity index (χ1v) is 7.66. The van der Waals surface area contributed by atoms with Crippen LogP contribution in [0.5, 0.6) is 0 Å². The molecule has 21 heavy (non-hydrogen) atoms. The highest BCUT2D eigenvalue weighted by Crippen LogP contribution is 2.39. The lowest BCUT2D eigenvalue weighted by Gasteiger charge is -2.37. The zero-order chi connectivity index (χ0) is 14.7. The largest absolute Gasteiger partial charge is 0.382 e. The van der Waals surface area contributed by atoms with E-state index < -0.39 is 0 Å². The van der Waals surface area contributed by atoms with Gasteiger partial charge in [0.15, 0.2) is 0 Å². The predicted octanol–water partition coefficient (Wildman–Crippen LogP) is 4.50. The van der Waals surface area contributed by atoms with Gasteiger partial charge < -0.3 is 10.1 Å². The Bertz CT molecular complexity index is 602. The van der Waals surface area contributed by atoms with E-state index >= 15 is 0 Å². The molecule has 0 heterocycles. The Balaban J connectivity index is 1.60. The molecular weight excluding hydrogens is 258 g/mol.